The molecule has 0 saturated carbocycles. The van der Waals surface area contributed by atoms with Crippen LogP contribution < -0.4 is 5.73 Å². The van der Waals surface area contributed by atoms with Crippen molar-refractivity contribution in [1.82, 2.24) is 9.88 Å². The maximum Gasteiger partial charge on any atom is 0.0932 e. The van der Waals surface area contributed by atoms with E-state index in [1.54, 1.807) is 0 Å². The number of hydrogen-bond acceptors (Lipinski definition) is 4. The first kappa shape index (κ1) is 13.0. The lowest BCUT2D eigenvalue weighted by molar-refractivity contribution is 0.228. The zero-order chi connectivity index (χ0) is 12.3. The summed E-state index contributed by atoms with van der Waals surface area (Å²) >= 11 is 1.90. The van der Waals surface area contributed by atoms with Gasteiger partial charge in [-0.25, -0.2) is 4.98 Å². The molecular weight excluding hydrogens is 230 g/mol. The number of nitrogens with two attached hydrogens (primary N) is 1. The fourth-order valence-corrected chi connectivity index (χ4v) is 3.53. The summed E-state index contributed by atoms with van der Waals surface area (Å²) in [5, 5.41) is 1.28. The first-order valence-corrected chi connectivity index (χ1v) is 7.40. The van der Waals surface area contributed by atoms with E-state index in [1.165, 1.54) is 28.7 Å². The van der Waals surface area contributed by atoms with Crippen molar-refractivity contribution >= 4 is 11.3 Å². The van der Waals surface area contributed by atoms with Crippen molar-refractivity contribution in [2.75, 3.05) is 19.6 Å². The van der Waals surface area contributed by atoms with Crippen molar-refractivity contribution in [2.45, 2.75) is 39.7 Å². The summed E-state index contributed by atoms with van der Waals surface area (Å²) in [5.74, 6) is 0.751. The fourth-order valence-electron chi connectivity index (χ4n) is 2.33. The zero-order valence-electron chi connectivity index (χ0n) is 10.9. The molecule has 0 spiro atoms. The lowest BCUT2D eigenvalue weighted by Gasteiger charge is -2.27. The zero-order valence-corrected chi connectivity index (χ0v) is 11.7. The van der Waals surface area contributed by atoms with Gasteiger partial charge < -0.3 is 5.73 Å². The van der Waals surface area contributed by atoms with Crippen LogP contribution in [0.2, 0.25) is 0 Å². The minimum atomic E-state index is 0.751. The van der Waals surface area contributed by atoms with E-state index in [4.69, 9.17) is 10.7 Å². The third kappa shape index (κ3) is 3.50. The summed E-state index contributed by atoms with van der Waals surface area (Å²) in [4.78, 5) is 8.78. The van der Waals surface area contributed by atoms with Crippen LogP contribution in [0.4, 0.5) is 0 Å². The maximum absolute atomic E-state index is 5.54. The van der Waals surface area contributed by atoms with E-state index < -0.39 is 0 Å². The van der Waals surface area contributed by atoms with E-state index in [2.05, 4.69) is 18.7 Å². The highest BCUT2D eigenvalue weighted by molar-refractivity contribution is 7.11. The lowest BCUT2D eigenvalue weighted by Crippen LogP contribution is -2.32. The van der Waals surface area contributed by atoms with Crippen molar-refractivity contribution in [1.29, 1.82) is 0 Å². The molecule has 0 radical (unpaired) electrons. The Kier molecular flexibility index (Phi) is 4.54. The van der Waals surface area contributed by atoms with Gasteiger partial charge in [0.05, 0.1) is 10.7 Å². The van der Waals surface area contributed by atoms with Gasteiger partial charge in [-0.3, -0.25) is 4.90 Å². The summed E-state index contributed by atoms with van der Waals surface area (Å²) in [7, 11) is 0. The van der Waals surface area contributed by atoms with Crippen LogP contribution in [0.15, 0.2) is 0 Å². The fraction of sp³-hybridized carbons (Fsp3) is 0.769. The van der Waals surface area contributed by atoms with Crippen molar-refractivity contribution in [2.24, 2.45) is 11.7 Å². The van der Waals surface area contributed by atoms with Gasteiger partial charge in [0.2, 0.25) is 0 Å². The van der Waals surface area contributed by atoms with Gasteiger partial charge >= 0.3 is 0 Å². The Morgan fingerprint density at radius 2 is 2.29 bits per heavy atom. The molecule has 0 aliphatic carbocycles. The van der Waals surface area contributed by atoms with Gasteiger partial charge in [-0.1, -0.05) is 13.8 Å². The number of thiazole rings is 1. The number of aryl methyl sites for hydroxylation is 1. The van der Waals surface area contributed by atoms with Crippen LogP contribution in [0.3, 0.4) is 0 Å². The molecule has 96 valence electrons. The minimum Gasteiger partial charge on any atom is -0.330 e. The quantitative estimate of drug-likeness (QED) is 0.873. The van der Waals surface area contributed by atoms with E-state index in [0.717, 1.165) is 38.3 Å². The van der Waals surface area contributed by atoms with Gasteiger partial charge in [-0.2, -0.15) is 0 Å². The van der Waals surface area contributed by atoms with Crippen molar-refractivity contribution in [3.63, 3.8) is 0 Å². The molecule has 0 bridgehead atoms. The lowest BCUT2D eigenvalue weighted by atomic mass is 10.1. The predicted molar refractivity (Wildman–Crippen MR) is 73.3 cm³/mol. The third-order valence-electron chi connectivity index (χ3n) is 3.07. The molecule has 0 amide bonds. The van der Waals surface area contributed by atoms with Crippen LogP contribution in [-0.2, 0) is 19.4 Å². The average Bonchev–Trinajstić information content (AvgIpc) is 2.67. The summed E-state index contributed by atoms with van der Waals surface area (Å²) in [6.45, 7) is 8.82. The summed E-state index contributed by atoms with van der Waals surface area (Å²) in [6, 6.07) is 0. The van der Waals surface area contributed by atoms with Crippen LogP contribution in [0.5, 0.6) is 0 Å². The molecule has 3 nitrogen and oxygen atoms in total. The van der Waals surface area contributed by atoms with Crippen molar-refractivity contribution < 1.29 is 0 Å². The Balaban J connectivity index is 1.97. The first-order chi connectivity index (χ1) is 8.19. The Labute approximate surface area is 108 Å². The topological polar surface area (TPSA) is 42.2 Å². The highest BCUT2D eigenvalue weighted by atomic mass is 32.1. The number of nitrogens with zero attached hydrogens (tertiary/aromatic N) is 2. The monoisotopic (exact) mass is 253 g/mol. The average molecular weight is 253 g/mol. The first-order valence-electron chi connectivity index (χ1n) is 6.59. The molecule has 2 N–H and O–H groups in total. The van der Waals surface area contributed by atoms with E-state index >= 15 is 0 Å². The highest BCUT2D eigenvalue weighted by Crippen LogP contribution is 2.26. The minimum absolute atomic E-state index is 0.751. The van der Waals surface area contributed by atoms with Crippen LogP contribution in [0.1, 0.15) is 35.8 Å². The molecule has 2 heterocycles. The molecule has 1 aromatic rings. The van der Waals surface area contributed by atoms with Gasteiger partial charge in [0.15, 0.2) is 0 Å². The second kappa shape index (κ2) is 5.94. The van der Waals surface area contributed by atoms with Crippen LogP contribution in [-0.4, -0.2) is 29.5 Å². The summed E-state index contributed by atoms with van der Waals surface area (Å²) < 4.78 is 0. The molecular formula is C13H23N3S. The number of aromatic nitrogens is 1. The number of fused-ring (bicyclic) bond motifs is 1. The Hall–Kier alpha value is -0.450. The van der Waals surface area contributed by atoms with Gasteiger partial charge in [0.25, 0.3) is 0 Å². The van der Waals surface area contributed by atoms with E-state index in [9.17, 15) is 0 Å². The molecule has 17 heavy (non-hydrogen) atoms. The van der Waals surface area contributed by atoms with Crippen LogP contribution in [0.25, 0.3) is 0 Å². The van der Waals surface area contributed by atoms with E-state index in [-0.39, 0.29) is 0 Å². The summed E-state index contributed by atoms with van der Waals surface area (Å²) in [5.41, 5.74) is 6.89. The molecule has 1 aromatic heterocycles. The predicted octanol–water partition coefficient (Wildman–Crippen LogP) is 2.05. The number of hydrogen-bond donors (Lipinski definition) is 1. The molecule has 4 heteroatoms. The van der Waals surface area contributed by atoms with E-state index in [1.807, 2.05) is 11.3 Å². The molecule has 0 fully saturated rings. The molecule has 0 atom stereocenters. The van der Waals surface area contributed by atoms with E-state index in [0.29, 0.717) is 0 Å². The second-order valence-electron chi connectivity index (χ2n) is 5.25. The Morgan fingerprint density at radius 1 is 1.47 bits per heavy atom. The normalized spacial score (nSPS) is 16.5. The largest absolute Gasteiger partial charge is 0.330 e. The Bertz CT molecular complexity index is 360. The molecule has 0 aromatic carbocycles. The standard InChI is InChI=1S/C13H23N3S/c1-10(2)8-16-7-5-11-12(9-16)17-13(15-11)4-3-6-14/h10H,3-9,14H2,1-2H3. The van der Waals surface area contributed by atoms with Crippen molar-refractivity contribution in [3.8, 4) is 0 Å². The number of rotatable bonds is 5. The Morgan fingerprint density at radius 3 is 3.00 bits per heavy atom. The van der Waals surface area contributed by atoms with Crippen LogP contribution >= 0.6 is 11.3 Å². The van der Waals surface area contributed by atoms with Crippen molar-refractivity contribution in [3.05, 3.63) is 15.6 Å². The van der Waals surface area contributed by atoms with Crippen LogP contribution in [0, 0.1) is 5.92 Å². The molecule has 0 unspecified atom stereocenters. The smallest absolute Gasteiger partial charge is 0.0932 e. The van der Waals surface area contributed by atoms with Gasteiger partial charge in [0.1, 0.15) is 0 Å². The molecule has 1 aliphatic heterocycles. The SMILES string of the molecule is CC(C)CN1CCc2nc(CCCN)sc2C1. The molecule has 2 rings (SSSR count). The molecule has 0 saturated heterocycles. The van der Waals surface area contributed by atoms with Gasteiger partial charge in [-0.05, 0) is 18.9 Å². The molecule has 1 aliphatic rings. The van der Waals surface area contributed by atoms with Gasteiger partial charge in [0, 0.05) is 37.4 Å². The maximum atomic E-state index is 5.54. The highest BCUT2D eigenvalue weighted by Gasteiger charge is 2.20. The summed E-state index contributed by atoms with van der Waals surface area (Å²) in [6.07, 6.45) is 3.24. The second-order valence-corrected chi connectivity index (χ2v) is 6.42. The van der Waals surface area contributed by atoms with Gasteiger partial charge in [-0.15, -0.1) is 11.3 Å². The third-order valence-corrected chi connectivity index (χ3v) is 4.21.